The van der Waals surface area contributed by atoms with Crippen molar-refractivity contribution in [3.8, 4) is 56.2 Å². The monoisotopic (exact) mass is 770 g/mol. The maximum absolute atomic E-state index is 14.8. The Hall–Kier alpha value is -7.43. The highest BCUT2D eigenvalue weighted by molar-refractivity contribution is 6.14. The van der Waals surface area contributed by atoms with E-state index in [1.807, 2.05) is 0 Å². The minimum atomic E-state index is -0.367. The number of rotatable bonds is 4. The molecule has 0 spiro atoms. The number of hydrogen-bond acceptors (Lipinski definition) is 4. The number of carbonyl (C=O) groups excluding carboxylic acids is 1. The standard InChI is InChI=1S/C56H38N2O2/c1-60-56(59)53-51-44(27-23-34-25-29-46(57-54(34)51)49-40-19-9-5-15-36(40)31-37-16-6-10-20-41(37)49)48(33-13-3-2-4-14-33)45-28-24-35-26-30-47(58-55(35)52(45)53)50-42-21-11-7-17-38(42)32-39-18-8-12-22-43(39)50/h2-22,25-26,29-32H,23-24,27-28H2,1H3. The van der Waals surface area contributed by atoms with Gasteiger partial charge in [0.2, 0.25) is 0 Å². The number of hydrogen-bond donors (Lipinski definition) is 0. The lowest BCUT2D eigenvalue weighted by Gasteiger charge is -2.32. The first-order valence-corrected chi connectivity index (χ1v) is 20.8. The molecule has 0 aliphatic heterocycles. The summed E-state index contributed by atoms with van der Waals surface area (Å²) in [6, 6.07) is 58.2. The third-order valence-corrected chi connectivity index (χ3v) is 12.9. The van der Waals surface area contributed by atoms with E-state index in [0.29, 0.717) is 5.56 Å². The number of benzene rings is 8. The second-order valence-electron chi connectivity index (χ2n) is 16.1. The van der Waals surface area contributed by atoms with Gasteiger partial charge in [-0.15, -0.1) is 0 Å². The van der Waals surface area contributed by atoms with E-state index in [1.165, 1.54) is 34.2 Å². The molecule has 12 rings (SSSR count). The Morgan fingerprint density at radius 1 is 0.433 bits per heavy atom. The number of esters is 1. The molecule has 4 nitrogen and oxygen atoms in total. The Morgan fingerprint density at radius 2 is 0.833 bits per heavy atom. The summed E-state index contributed by atoms with van der Waals surface area (Å²) in [5.41, 5.74) is 14.8. The molecule has 0 fully saturated rings. The first kappa shape index (κ1) is 34.6. The van der Waals surface area contributed by atoms with Crippen LogP contribution in [0.3, 0.4) is 0 Å². The van der Waals surface area contributed by atoms with Crippen molar-refractivity contribution >= 4 is 49.1 Å². The van der Waals surface area contributed by atoms with Gasteiger partial charge in [-0.05, 0) is 126 Å². The van der Waals surface area contributed by atoms with Gasteiger partial charge in [-0.25, -0.2) is 14.8 Å². The molecule has 284 valence electrons. The molecule has 2 aromatic heterocycles. The maximum atomic E-state index is 14.8. The predicted molar refractivity (Wildman–Crippen MR) is 245 cm³/mol. The van der Waals surface area contributed by atoms with E-state index in [1.54, 1.807) is 0 Å². The number of methoxy groups -OCH3 is 1. The maximum Gasteiger partial charge on any atom is 0.339 e. The van der Waals surface area contributed by atoms with Crippen molar-refractivity contribution in [3.63, 3.8) is 0 Å². The Labute approximate surface area is 347 Å². The fourth-order valence-electron chi connectivity index (χ4n) is 10.3. The summed E-state index contributed by atoms with van der Waals surface area (Å²) in [5, 5.41) is 9.26. The Bertz CT molecular complexity index is 3130. The van der Waals surface area contributed by atoms with Crippen LogP contribution in [0.25, 0.3) is 99.2 Å². The van der Waals surface area contributed by atoms with Gasteiger partial charge < -0.3 is 4.74 Å². The summed E-state index contributed by atoms with van der Waals surface area (Å²) >= 11 is 0. The second-order valence-corrected chi connectivity index (χ2v) is 16.1. The van der Waals surface area contributed by atoms with E-state index in [0.717, 1.165) is 120 Å². The quantitative estimate of drug-likeness (QED) is 0.132. The first-order chi connectivity index (χ1) is 29.6. The van der Waals surface area contributed by atoms with Crippen LogP contribution < -0.4 is 0 Å². The number of ether oxygens (including phenoxy) is 1. The molecule has 2 heterocycles. The zero-order chi connectivity index (χ0) is 39.9. The molecule has 2 aliphatic rings. The van der Waals surface area contributed by atoms with Gasteiger partial charge in [-0.1, -0.05) is 140 Å². The average Bonchev–Trinajstić information content (AvgIpc) is 3.31. The molecule has 0 N–H and O–H groups in total. The Morgan fingerprint density at radius 3 is 1.25 bits per heavy atom. The average molecular weight is 771 g/mol. The zero-order valence-corrected chi connectivity index (χ0v) is 33.1. The molecule has 0 unspecified atom stereocenters. The van der Waals surface area contributed by atoms with Crippen LogP contribution in [-0.4, -0.2) is 23.0 Å². The van der Waals surface area contributed by atoms with Gasteiger partial charge in [0.1, 0.15) is 0 Å². The molecular formula is C56H38N2O2. The van der Waals surface area contributed by atoms with Crippen molar-refractivity contribution < 1.29 is 9.53 Å². The van der Waals surface area contributed by atoms with E-state index in [2.05, 4.69) is 164 Å². The highest BCUT2D eigenvalue weighted by Gasteiger charge is 2.36. The van der Waals surface area contributed by atoms with E-state index in [4.69, 9.17) is 14.7 Å². The number of aryl methyl sites for hydroxylation is 2. The van der Waals surface area contributed by atoms with E-state index >= 15 is 0 Å². The van der Waals surface area contributed by atoms with Crippen LogP contribution in [0.15, 0.2) is 164 Å². The van der Waals surface area contributed by atoms with Crippen molar-refractivity contribution in [2.45, 2.75) is 25.7 Å². The van der Waals surface area contributed by atoms with E-state index in [9.17, 15) is 4.79 Å². The fourth-order valence-corrected chi connectivity index (χ4v) is 10.3. The molecule has 0 saturated carbocycles. The molecule has 60 heavy (non-hydrogen) atoms. The lowest BCUT2D eigenvalue weighted by molar-refractivity contribution is 0.0602. The zero-order valence-electron chi connectivity index (χ0n) is 33.1. The van der Waals surface area contributed by atoms with Crippen molar-refractivity contribution in [1.82, 2.24) is 9.97 Å². The number of nitrogens with zero attached hydrogens (tertiary/aromatic N) is 2. The van der Waals surface area contributed by atoms with Crippen LogP contribution in [0.4, 0.5) is 0 Å². The van der Waals surface area contributed by atoms with Gasteiger partial charge in [0, 0.05) is 22.3 Å². The highest BCUT2D eigenvalue weighted by atomic mass is 16.5. The van der Waals surface area contributed by atoms with Gasteiger partial charge in [-0.3, -0.25) is 0 Å². The fraction of sp³-hybridized carbons (Fsp3) is 0.0893. The molecular weight excluding hydrogens is 733 g/mol. The molecule has 0 amide bonds. The van der Waals surface area contributed by atoms with Crippen LogP contribution in [0.5, 0.6) is 0 Å². The van der Waals surface area contributed by atoms with Crippen LogP contribution in [-0.2, 0) is 30.4 Å². The smallest absolute Gasteiger partial charge is 0.339 e. The molecule has 0 saturated heterocycles. The summed E-state index contributed by atoms with van der Waals surface area (Å²) in [6.45, 7) is 0. The number of carbonyl (C=O) groups is 1. The predicted octanol–water partition coefficient (Wildman–Crippen LogP) is 13.4. The van der Waals surface area contributed by atoms with Crippen molar-refractivity contribution in [2.24, 2.45) is 0 Å². The molecule has 10 aromatic rings. The van der Waals surface area contributed by atoms with Gasteiger partial charge in [0.25, 0.3) is 0 Å². The Kier molecular flexibility index (Phi) is 7.83. The molecule has 2 aliphatic carbocycles. The van der Waals surface area contributed by atoms with Crippen molar-refractivity contribution in [3.05, 3.63) is 192 Å². The van der Waals surface area contributed by atoms with Gasteiger partial charge in [0.15, 0.2) is 0 Å². The Balaban J connectivity index is 1.18. The number of pyridine rings is 2. The topological polar surface area (TPSA) is 52.1 Å². The lowest BCUT2D eigenvalue weighted by atomic mass is 9.73. The summed E-state index contributed by atoms with van der Waals surface area (Å²) in [7, 11) is 1.50. The van der Waals surface area contributed by atoms with Crippen LogP contribution in [0.1, 0.15) is 32.6 Å². The normalized spacial score (nSPS) is 12.9. The van der Waals surface area contributed by atoms with Crippen molar-refractivity contribution in [2.75, 3.05) is 7.11 Å². The van der Waals surface area contributed by atoms with Gasteiger partial charge >= 0.3 is 5.97 Å². The van der Waals surface area contributed by atoms with Gasteiger partial charge in [0.05, 0.1) is 35.4 Å². The molecule has 0 atom stereocenters. The van der Waals surface area contributed by atoms with Crippen LogP contribution >= 0.6 is 0 Å². The lowest BCUT2D eigenvalue weighted by Crippen LogP contribution is -2.20. The second kappa shape index (κ2) is 13.6. The van der Waals surface area contributed by atoms with E-state index in [-0.39, 0.29) is 5.97 Å². The molecule has 4 heteroatoms. The SMILES string of the molecule is COC(=O)c1c2c(c(-c3ccccc3)c3c1-c1nc(-c4c5ccccc5cc5ccccc45)ccc1CC3)CCc1ccc(-c3c4ccccc4cc4ccccc34)nc1-2. The summed E-state index contributed by atoms with van der Waals surface area (Å²) in [4.78, 5) is 26.1. The summed E-state index contributed by atoms with van der Waals surface area (Å²) < 4.78 is 5.81. The molecule has 8 aromatic carbocycles. The van der Waals surface area contributed by atoms with Crippen molar-refractivity contribution in [1.29, 1.82) is 0 Å². The molecule has 0 radical (unpaired) electrons. The molecule has 0 bridgehead atoms. The minimum Gasteiger partial charge on any atom is -0.465 e. The van der Waals surface area contributed by atoms with E-state index < -0.39 is 0 Å². The third kappa shape index (κ3) is 5.20. The first-order valence-electron chi connectivity index (χ1n) is 20.8. The number of fused-ring (bicyclic) bond motifs is 10. The third-order valence-electron chi connectivity index (χ3n) is 12.9. The highest BCUT2D eigenvalue weighted by Crippen LogP contribution is 2.51. The van der Waals surface area contributed by atoms with Crippen LogP contribution in [0, 0.1) is 0 Å². The number of aromatic nitrogens is 2. The largest absolute Gasteiger partial charge is 0.465 e. The summed E-state index contributed by atoms with van der Waals surface area (Å²) in [6.07, 6.45) is 3.20. The van der Waals surface area contributed by atoms with Crippen LogP contribution in [0.2, 0.25) is 0 Å². The minimum absolute atomic E-state index is 0.367. The van der Waals surface area contributed by atoms with Gasteiger partial charge in [-0.2, -0.15) is 0 Å². The summed E-state index contributed by atoms with van der Waals surface area (Å²) in [5.74, 6) is -0.367.